The largest absolute Gasteiger partial charge is 0.465 e. The SMILES string of the molecule is COC(=O)c1ccc(NC(=O)COC(=O)CN2C(=O)[C@@H]3C[C@@H](Br)[C@@H](Br)C[C@H]3C2=O)cc1. The number of methoxy groups -OCH3 is 1. The highest BCUT2D eigenvalue weighted by molar-refractivity contribution is 9.12. The third-order valence-corrected chi connectivity index (χ3v) is 7.98. The number of likely N-dealkylation sites (tertiary alicyclic amines) is 1. The van der Waals surface area contributed by atoms with Crippen LogP contribution in [0.3, 0.4) is 0 Å². The van der Waals surface area contributed by atoms with E-state index in [1.54, 1.807) is 0 Å². The highest BCUT2D eigenvalue weighted by Crippen LogP contribution is 2.43. The lowest BCUT2D eigenvalue weighted by atomic mass is 9.81. The molecule has 0 bridgehead atoms. The molecule has 1 aromatic carbocycles. The Morgan fingerprint density at radius 2 is 1.58 bits per heavy atom. The van der Waals surface area contributed by atoms with Crippen molar-refractivity contribution in [3.8, 4) is 0 Å². The summed E-state index contributed by atoms with van der Waals surface area (Å²) in [6.45, 7) is -1.10. The minimum absolute atomic E-state index is 0.0720. The molecule has 166 valence electrons. The highest BCUT2D eigenvalue weighted by atomic mass is 79.9. The number of ether oxygens (including phenoxy) is 2. The highest BCUT2D eigenvalue weighted by Gasteiger charge is 2.52. The summed E-state index contributed by atoms with van der Waals surface area (Å²) in [4.78, 5) is 61.7. The number of fused-ring (bicyclic) bond motifs is 1. The number of esters is 2. The first-order chi connectivity index (χ1) is 14.7. The minimum Gasteiger partial charge on any atom is -0.465 e. The molecule has 3 amide bonds. The van der Waals surface area contributed by atoms with Gasteiger partial charge in [-0.25, -0.2) is 4.79 Å². The van der Waals surface area contributed by atoms with Gasteiger partial charge in [-0.1, -0.05) is 31.9 Å². The van der Waals surface area contributed by atoms with Gasteiger partial charge in [0.25, 0.3) is 5.91 Å². The Kier molecular flexibility index (Phi) is 7.47. The summed E-state index contributed by atoms with van der Waals surface area (Å²) in [5.41, 5.74) is 0.723. The number of rotatable bonds is 6. The Hall–Kier alpha value is -2.27. The van der Waals surface area contributed by atoms with Crippen LogP contribution in [-0.4, -0.2) is 64.5 Å². The van der Waals surface area contributed by atoms with Gasteiger partial charge in [0.15, 0.2) is 6.61 Å². The number of amides is 3. The molecule has 3 rings (SSSR count). The van der Waals surface area contributed by atoms with Crippen LogP contribution < -0.4 is 5.32 Å². The summed E-state index contributed by atoms with van der Waals surface area (Å²) in [6, 6.07) is 5.96. The van der Waals surface area contributed by atoms with E-state index >= 15 is 0 Å². The van der Waals surface area contributed by atoms with E-state index in [-0.39, 0.29) is 21.5 Å². The number of halogens is 2. The fraction of sp³-hybridized carbons (Fsp3) is 0.450. The zero-order chi connectivity index (χ0) is 22.7. The van der Waals surface area contributed by atoms with Crippen LogP contribution >= 0.6 is 31.9 Å². The quantitative estimate of drug-likeness (QED) is 0.321. The van der Waals surface area contributed by atoms with Crippen LogP contribution in [0.5, 0.6) is 0 Å². The standard InChI is InChI=1S/C20H20Br2N2O7/c1-30-20(29)10-2-4-11(5-3-10)23-16(25)9-31-17(26)8-24-18(27)12-6-14(21)15(22)7-13(12)19(24)28/h2-5,12-15H,6-9H2,1H3,(H,23,25)/t12-,13-,14-,15+/m1/s1. The van der Waals surface area contributed by atoms with E-state index in [2.05, 4.69) is 41.9 Å². The predicted octanol–water partition coefficient (Wildman–Crippen LogP) is 1.88. The molecule has 31 heavy (non-hydrogen) atoms. The monoisotopic (exact) mass is 558 g/mol. The van der Waals surface area contributed by atoms with Crippen LogP contribution in [0.4, 0.5) is 5.69 Å². The van der Waals surface area contributed by atoms with Crippen LogP contribution in [-0.2, 0) is 28.7 Å². The summed E-state index contributed by atoms with van der Waals surface area (Å²) in [6.07, 6.45) is 1.02. The molecule has 4 atom stereocenters. The summed E-state index contributed by atoms with van der Waals surface area (Å²) in [5, 5.41) is 2.52. The first kappa shape index (κ1) is 23.4. The number of nitrogens with zero attached hydrogens (tertiary/aromatic N) is 1. The molecule has 1 heterocycles. The van der Waals surface area contributed by atoms with Gasteiger partial charge in [0.05, 0.1) is 24.5 Å². The van der Waals surface area contributed by atoms with E-state index < -0.39 is 42.8 Å². The van der Waals surface area contributed by atoms with Crippen molar-refractivity contribution < 1.29 is 33.4 Å². The Morgan fingerprint density at radius 1 is 1.03 bits per heavy atom. The number of alkyl halides is 2. The molecule has 2 fully saturated rings. The average molecular weight is 560 g/mol. The van der Waals surface area contributed by atoms with E-state index in [0.717, 1.165) is 4.90 Å². The molecular formula is C20H20Br2N2O7. The van der Waals surface area contributed by atoms with Gasteiger partial charge in [0.2, 0.25) is 11.8 Å². The number of carbonyl (C=O) groups is 5. The molecule has 0 spiro atoms. The van der Waals surface area contributed by atoms with Crippen molar-refractivity contribution in [2.24, 2.45) is 11.8 Å². The lowest BCUT2D eigenvalue weighted by Gasteiger charge is -2.29. The molecular weight excluding hydrogens is 540 g/mol. The third kappa shape index (κ3) is 5.32. The topological polar surface area (TPSA) is 119 Å². The Morgan fingerprint density at radius 3 is 2.10 bits per heavy atom. The van der Waals surface area contributed by atoms with Crippen LogP contribution in [0.2, 0.25) is 0 Å². The molecule has 1 aliphatic carbocycles. The van der Waals surface area contributed by atoms with E-state index in [9.17, 15) is 24.0 Å². The summed E-state index contributed by atoms with van der Waals surface area (Å²) < 4.78 is 9.51. The van der Waals surface area contributed by atoms with Gasteiger partial charge in [0.1, 0.15) is 6.54 Å². The molecule has 0 aromatic heterocycles. The number of benzene rings is 1. The number of hydrogen-bond donors (Lipinski definition) is 1. The molecule has 1 saturated heterocycles. The molecule has 1 saturated carbocycles. The zero-order valence-electron chi connectivity index (χ0n) is 16.5. The van der Waals surface area contributed by atoms with Gasteiger partial charge >= 0.3 is 11.9 Å². The van der Waals surface area contributed by atoms with Gasteiger partial charge in [-0.05, 0) is 37.1 Å². The smallest absolute Gasteiger partial charge is 0.337 e. The first-order valence-electron chi connectivity index (χ1n) is 9.48. The Balaban J connectivity index is 1.48. The van der Waals surface area contributed by atoms with Gasteiger partial charge in [-0.3, -0.25) is 24.1 Å². The van der Waals surface area contributed by atoms with Gasteiger partial charge in [-0.2, -0.15) is 0 Å². The molecule has 2 aliphatic rings. The fourth-order valence-corrected chi connectivity index (χ4v) is 4.88. The minimum atomic E-state index is -0.845. The van der Waals surface area contributed by atoms with Crippen molar-refractivity contribution in [1.82, 2.24) is 4.90 Å². The molecule has 1 aliphatic heterocycles. The Bertz CT molecular complexity index is 877. The summed E-state index contributed by atoms with van der Waals surface area (Å²) in [5.74, 6) is -3.61. The second-order valence-electron chi connectivity index (χ2n) is 7.26. The van der Waals surface area contributed by atoms with E-state index in [4.69, 9.17) is 4.74 Å². The maximum absolute atomic E-state index is 12.6. The van der Waals surface area contributed by atoms with Gasteiger partial charge in [0, 0.05) is 15.3 Å². The molecule has 11 heteroatoms. The van der Waals surface area contributed by atoms with Crippen molar-refractivity contribution in [2.75, 3.05) is 25.6 Å². The fourth-order valence-electron chi connectivity index (χ4n) is 3.64. The third-order valence-electron chi connectivity index (χ3n) is 5.24. The molecule has 9 nitrogen and oxygen atoms in total. The summed E-state index contributed by atoms with van der Waals surface area (Å²) in [7, 11) is 1.26. The van der Waals surface area contributed by atoms with Crippen LogP contribution in [0.25, 0.3) is 0 Å². The van der Waals surface area contributed by atoms with E-state index in [1.165, 1.54) is 31.4 Å². The number of nitrogens with one attached hydrogen (secondary N) is 1. The summed E-state index contributed by atoms with van der Waals surface area (Å²) >= 11 is 7.01. The van der Waals surface area contributed by atoms with Crippen LogP contribution in [0.15, 0.2) is 24.3 Å². The zero-order valence-corrected chi connectivity index (χ0v) is 19.7. The Labute approximate surface area is 195 Å². The lowest BCUT2D eigenvalue weighted by molar-refractivity contribution is -0.154. The van der Waals surface area contributed by atoms with Crippen molar-refractivity contribution in [3.63, 3.8) is 0 Å². The maximum atomic E-state index is 12.6. The van der Waals surface area contributed by atoms with Crippen LogP contribution in [0, 0.1) is 11.8 Å². The van der Waals surface area contributed by atoms with Crippen molar-refractivity contribution >= 4 is 67.2 Å². The molecule has 1 aromatic rings. The number of anilines is 1. The van der Waals surface area contributed by atoms with Gasteiger partial charge in [-0.15, -0.1) is 0 Å². The van der Waals surface area contributed by atoms with Crippen molar-refractivity contribution in [3.05, 3.63) is 29.8 Å². The first-order valence-corrected chi connectivity index (χ1v) is 11.3. The molecule has 0 radical (unpaired) electrons. The van der Waals surface area contributed by atoms with E-state index in [0.29, 0.717) is 24.1 Å². The van der Waals surface area contributed by atoms with Crippen molar-refractivity contribution in [1.29, 1.82) is 0 Å². The number of imide groups is 1. The maximum Gasteiger partial charge on any atom is 0.337 e. The second kappa shape index (κ2) is 9.90. The number of carbonyl (C=O) groups excluding carboxylic acids is 5. The van der Waals surface area contributed by atoms with Gasteiger partial charge < -0.3 is 14.8 Å². The van der Waals surface area contributed by atoms with E-state index in [1.807, 2.05) is 0 Å². The lowest BCUT2D eigenvalue weighted by Crippen LogP contribution is -2.37. The van der Waals surface area contributed by atoms with Crippen molar-refractivity contribution in [2.45, 2.75) is 22.5 Å². The normalized spacial score (nSPS) is 25.1. The second-order valence-corrected chi connectivity index (χ2v) is 9.61. The number of hydrogen-bond acceptors (Lipinski definition) is 7. The average Bonchev–Trinajstić information content (AvgIpc) is 2.97. The molecule has 1 N–H and O–H groups in total. The predicted molar refractivity (Wildman–Crippen MR) is 116 cm³/mol. The molecule has 0 unspecified atom stereocenters. The van der Waals surface area contributed by atoms with Crippen LogP contribution in [0.1, 0.15) is 23.2 Å².